The highest BCUT2D eigenvalue weighted by atomic mass is 35.5. The summed E-state index contributed by atoms with van der Waals surface area (Å²) in [5, 5.41) is 5.29. The topological polar surface area (TPSA) is 97.4 Å². The first-order valence-electron chi connectivity index (χ1n) is 6.95. The molecule has 0 unspecified atom stereocenters. The monoisotopic (exact) mass is 347 g/mol. The van der Waals surface area contributed by atoms with Crippen molar-refractivity contribution >= 4 is 35.2 Å². The van der Waals surface area contributed by atoms with Crippen molar-refractivity contribution in [1.82, 2.24) is 10.3 Å². The SMILES string of the molecule is O=C(COC(=O)CNC(=O)c1ccccc1)Nc1ccc(Cl)cn1. The highest BCUT2D eigenvalue weighted by molar-refractivity contribution is 6.30. The highest BCUT2D eigenvalue weighted by Crippen LogP contribution is 2.09. The number of carbonyl (C=O) groups excluding carboxylic acids is 3. The van der Waals surface area contributed by atoms with Gasteiger partial charge in [-0.05, 0) is 24.3 Å². The summed E-state index contributed by atoms with van der Waals surface area (Å²) in [7, 11) is 0. The van der Waals surface area contributed by atoms with Gasteiger partial charge in [0.1, 0.15) is 12.4 Å². The smallest absolute Gasteiger partial charge is 0.325 e. The Balaban J connectivity index is 1.70. The van der Waals surface area contributed by atoms with Crippen molar-refractivity contribution in [2.24, 2.45) is 0 Å². The molecule has 2 aromatic rings. The van der Waals surface area contributed by atoms with Crippen LogP contribution >= 0.6 is 11.6 Å². The van der Waals surface area contributed by atoms with Crippen LogP contribution in [0, 0.1) is 0 Å². The number of nitrogens with one attached hydrogen (secondary N) is 2. The van der Waals surface area contributed by atoms with Gasteiger partial charge in [0.15, 0.2) is 6.61 Å². The average Bonchev–Trinajstić information content (AvgIpc) is 2.60. The van der Waals surface area contributed by atoms with E-state index in [-0.39, 0.29) is 12.4 Å². The van der Waals surface area contributed by atoms with Gasteiger partial charge < -0.3 is 15.4 Å². The van der Waals surface area contributed by atoms with Crippen LogP contribution < -0.4 is 10.6 Å². The number of ether oxygens (including phenoxy) is 1. The second kappa shape index (κ2) is 8.64. The number of nitrogens with zero attached hydrogens (tertiary/aromatic N) is 1. The molecule has 0 aliphatic carbocycles. The van der Waals surface area contributed by atoms with Gasteiger partial charge in [0, 0.05) is 11.8 Å². The summed E-state index contributed by atoms with van der Waals surface area (Å²) in [6.45, 7) is -0.815. The van der Waals surface area contributed by atoms with Crippen LogP contribution in [-0.2, 0) is 14.3 Å². The van der Waals surface area contributed by atoms with Crippen LogP contribution in [0.25, 0.3) is 0 Å². The molecule has 0 saturated carbocycles. The van der Waals surface area contributed by atoms with E-state index in [9.17, 15) is 14.4 Å². The zero-order valence-electron chi connectivity index (χ0n) is 12.5. The standard InChI is InChI=1S/C16H14ClN3O4/c17-12-6-7-13(18-8-12)20-14(21)10-24-15(22)9-19-16(23)11-4-2-1-3-5-11/h1-8H,9-10H2,(H,19,23)(H,18,20,21). The third-order valence-corrected chi connectivity index (χ3v) is 3.01. The van der Waals surface area contributed by atoms with Crippen molar-refractivity contribution in [2.75, 3.05) is 18.5 Å². The number of amides is 2. The number of rotatable bonds is 6. The summed E-state index contributed by atoms with van der Waals surface area (Å²) < 4.78 is 4.77. The largest absolute Gasteiger partial charge is 0.454 e. The van der Waals surface area contributed by atoms with Crippen LogP contribution in [0.15, 0.2) is 48.7 Å². The maximum absolute atomic E-state index is 11.7. The van der Waals surface area contributed by atoms with Crippen molar-refractivity contribution in [3.05, 3.63) is 59.2 Å². The van der Waals surface area contributed by atoms with Crippen LogP contribution in [0.2, 0.25) is 5.02 Å². The summed E-state index contributed by atoms with van der Waals surface area (Å²) in [6.07, 6.45) is 1.38. The molecule has 0 bridgehead atoms. The second-order valence-corrected chi connectivity index (χ2v) is 5.06. The van der Waals surface area contributed by atoms with Crippen molar-refractivity contribution < 1.29 is 19.1 Å². The molecule has 24 heavy (non-hydrogen) atoms. The summed E-state index contributed by atoms with van der Waals surface area (Å²) in [6, 6.07) is 11.5. The van der Waals surface area contributed by atoms with Gasteiger partial charge in [0.05, 0.1) is 5.02 Å². The van der Waals surface area contributed by atoms with E-state index in [1.54, 1.807) is 36.4 Å². The number of anilines is 1. The van der Waals surface area contributed by atoms with Gasteiger partial charge in [-0.1, -0.05) is 29.8 Å². The number of esters is 1. The lowest BCUT2D eigenvalue weighted by atomic mass is 10.2. The van der Waals surface area contributed by atoms with Gasteiger partial charge in [-0.15, -0.1) is 0 Å². The van der Waals surface area contributed by atoms with Gasteiger partial charge in [0.25, 0.3) is 11.8 Å². The Morgan fingerprint density at radius 1 is 1.08 bits per heavy atom. The Morgan fingerprint density at radius 2 is 1.83 bits per heavy atom. The first kappa shape index (κ1) is 17.4. The molecule has 1 aromatic heterocycles. The molecule has 7 nitrogen and oxygen atoms in total. The lowest BCUT2D eigenvalue weighted by Gasteiger charge is -2.07. The molecule has 0 aliphatic heterocycles. The lowest BCUT2D eigenvalue weighted by Crippen LogP contribution is -2.32. The van der Waals surface area contributed by atoms with Gasteiger partial charge >= 0.3 is 5.97 Å². The number of benzene rings is 1. The van der Waals surface area contributed by atoms with Crippen molar-refractivity contribution in [1.29, 1.82) is 0 Å². The van der Waals surface area contributed by atoms with Gasteiger partial charge in [0.2, 0.25) is 0 Å². The summed E-state index contributed by atoms with van der Waals surface area (Å²) >= 11 is 5.68. The molecule has 1 aromatic carbocycles. The van der Waals surface area contributed by atoms with Crippen LogP contribution in [0.4, 0.5) is 5.82 Å². The zero-order chi connectivity index (χ0) is 17.4. The molecular formula is C16H14ClN3O4. The van der Waals surface area contributed by atoms with E-state index in [2.05, 4.69) is 15.6 Å². The first-order valence-corrected chi connectivity index (χ1v) is 7.32. The quantitative estimate of drug-likeness (QED) is 0.774. The number of halogens is 1. The fourth-order valence-corrected chi connectivity index (χ4v) is 1.78. The summed E-state index contributed by atoms with van der Waals surface area (Å²) in [5.41, 5.74) is 0.428. The predicted molar refractivity (Wildman–Crippen MR) is 87.6 cm³/mol. The minimum absolute atomic E-state index is 0.290. The molecular weight excluding hydrogens is 334 g/mol. The van der Waals surface area contributed by atoms with Crippen LogP contribution in [0.3, 0.4) is 0 Å². The Morgan fingerprint density at radius 3 is 2.50 bits per heavy atom. The maximum atomic E-state index is 11.7. The van der Waals surface area contributed by atoms with Crippen molar-refractivity contribution in [3.63, 3.8) is 0 Å². The Kier molecular flexibility index (Phi) is 6.27. The van der Waals surface area contributed by atoms with E-state index in [4.69, 9.17) is 16.3 Å². The third-order valence-electron chi connectivity index (χ3n) is 2.79. The zero-order valence-corrected chi connectivity index (χ0v) is 13.2. The van der Waals surface area contributed by atoms with Gasteiger partial charge in [-0.25, -0.2) is 4.98 Å². The Hall–Kier alpha value is -2.93. The molecule has 0 radical (unpaired) electrons. The van der Waals surface area contributed by atoms with E-state index in [1.165, 1.54) is 12.3 Å². The summed E-state index contributed by atoms with van der Waals surface area (Å²) in [4.78, 5) is 38.8. The average molecular weight is 348 g/mol. The molecule has 0 saturated heterocycles. The van der Waals surface area contributed by atoms with Gasteiger partial charge in [-0.3, -0.25) is 14.4 Å². The minimum atomic E-state index is -0.724. The number of aromatic nitrogens is 1. The van der Waals surface area contributed by atoms with Gasteiger partial charge in [-0.2, -0.15) is 0 Å². The molecule has 0 fully saturated rings. The molecule has 124 valence electrons. The van der Waals surface area contributed by atoms with E-state index in [0.717, 1.165) is 0 Å². The molecule has 8 heteroatoms. The Labute approximate surface area is 143 Å². The fourth-order valence-electron chi connectivity index (χ4n) is 1.67. The normalized spacial score (nSPS) is 9.88. The molecule has 0 aliphatic rings. The highest BCUT2D eigenvalue weighted by Gasteiger charge is 2.11. The summed E-state index contributed by atoms with van der Waals surface area (Å²) in [5.74, 6) is -1.38. The number of pyridine rings is 1. The van der Waals surface area contributed by atoms with Crippen molar-refractivity contribution in [2.45, 2.75) is 0 Å². The van der Waals surface area contributed by atoms with E-state index < -0.39 is 24.4 Å². The predicted octanol–water partition coefficient (Wildman–Crippen LogP) is 1.65. The van der Waals surface area contributed by atoms with Crippen LogP contribution in [0.1, 0.15) is 10.4 Å². The molecule has 0 atom stereocenters. The lowest BCUT2D eigenvalue weighted by molar-refractivity contribution is -0.146. The minimum Gasteiger partial charge on any atom is -0.454 e. The number of carbonyl (C=O) groups is 3. The second-order valence-electron chi connectivity index (χ2n) is 4.62. The maximum Gasteiger partial charge on any atom is 0.325 e. The first-order chi connectivity index (χ1) is 11.5. The fraction of sp³-hybridized carbons (Fsp3) is 0.125. The third kappa shape index (κ3) is 5.69. The van der Waals surface area contributed by atoms with E-state index in [1.807, 2.05) is 0 Å². The van der Waals surface area contributed by atoms with E-state index >= 15 is 0 Å². The van der Waals surface area contributed by atoms with Crippen molar-refractivity contribution in [3.8, 4) is 0 Å². The molecule has 2 N–H and O–H groups in total. The Bertz CT molecular complexity index is 720. The number of hydrogen-bond acceptors (Lipinski definition) is 5. The van der Waals surface area contributed by atoms with Crippen LogP contribution in [-0.4, -0.2) is 35.9 Å². The molecule has 2 amide bonds. The molecule has 2 rings (SSSR count). The van der Waals surface area contributed by atoms with Crippen LogP contribution in [0.5, 0.6) is 0 Å². The molecule has 1 heterocycles. The number of hydrogen-bond donors (Lipinski definition) is 2. The molecule has 0 spiro atoms. The van der Waals surface area contributed by atoms with E-state index in [0.29, 0.717) is 10.6 Å².